The van der Waals surface area contributed by atoms with E-state index in [1.807, 2.05) is 0 Å². The number of fused-ring (bicyclic) bond motifs is 1. The Balaban J connectivity index is 1.48. The number of hydrogen-bond donors (Lipinski definition) is 4. The highest BCUT2D eigenvalue weighted by Crippen LogP contribution is 2.49. The van der Waals surface area contributed by atoms with Crippen molar-refractivity contribution in [2.75, 3.05) is 13.2 Å². The van der Waals surface area contributed by atoms with Crippen LogP contribution in [0.5, 0.6) is 0 Å². The summed E-state index contributed by atoms with van der Waals surface area (Å²) in [5.74, 6) is -2.08. The van der Waals surface area contributed by atoms with Crippen molar-refractivity contribution in [1.29, 1.82) is 0 Å². The maximum atomic E-state index is 13.5. The SMILES string of the molecule is C[C@]1(COC(=O)NCc2csc(N=C(N)CN)n2)[C@H](C(=O)O)N2C(=O)/C(=C/c3ccccn3)C2S1(=O)=O. The summed E-state index contributed by atoms with van der Waals surface area (Å²) < 4.78 is 30.0. The topological polar surface area (TPSA) is 220 Å². The summed E-state index contributed by atoms with van der Waals surface area (Å²) in [5, 5.41) is 12.7. The molecule has 0 radical (unpaired) electrons. The van der Waals surface area contributed by atoms with Crippen molar-refractivity contribution in [3.05, 3.63) is 46.7 Å². The van der Waals surface area contributed by atoms with Gasteiger partial charge in [0.15, 0.2) is 21.3 Å². The number of carbonyl (C=O) groups is 3. The number of ether oxygens (including phenoxy) is 1. The zero-order chi connectivity index (χ0) is 27.0. The molecule has 2 aliphatic rings. The smallest absolute Gasteiger partial charge is 0.407 e. The molecule has 3 atom stereocenters. The summed E-state index contributed by atoms with van der Waals surface area (Å²) in [5.41, 5.74) is 11.6. The zero-order valence-electron chi connectivity index (χ0n) is 19.4. The molecule has 6 N–H and O–H groups in total. The average molecular weight is 550 g/mol. The molecule has 16 heteroatoms. The van der Waals surface area contributed by atoms with E-state index < -0.39 is 50.6 Å². The number of β-lactam (4-membered cyclic amide) rings is 1. The molecule has 4 heterocycles. The number of aromatic nitrogens is 2. The number of carboxylic acids is 1. The number of amides is 2. The van der Waals surface area contributed by atoms with Crippen LogP contribution in [0.3, 0.4) is 0 Å². The predicted molar refractivity (Wildman–Crippen MR) is 132 cm³/mol. The van der Waals surface area contributed by atoms with Crippen molar-refractivity contribution in [2.24, 2.45) is 16.5 Å². The normalized spacial score (nSPS) is 25.5. The fraction of sp³-hybridized carbons (Fsp3) is 0.333. The van der Waals surface area contributed by atoms with Crippen LogP contribution in [0.15, 0.2) is 40.3 Å². The third kappa shape index (κ3) is 4.65. The van der Waals surface area contributed by atoms with Gasteiger partial charge in [0.2, 0.25) is 5.13 Å². The number of alkyl carbamates (subject to hydrolysis) is 1. The van der Waals surface area contributed by atoms with E-state index in [1.165, 1.54) is 23.6 Å². The van der Waals surface area contributed by atoms with E-state index in [1.54, 1.807) is 23.6 Å². The Bertz CT molecular complexity index is 1410. The number of aliphatic carboxylic acids is 1. The molecule has 0 aliphatic carbocycles. The van der Waals surface area contributed by atoms with Crippen LogP contribution in [-0.4, -0.2) is 81.5 Å². The minimum atomic E-state index is -4.32. The summed E-state index contributed by atoms with van der Waals surface area (Å²) in [7, 11) is -4.32. The number of rotatable bonds is 8. The number of carbonyl (C=O) groups excluding carboxylic acids is 2. The Kier molecular flexibility index (Phi) is 6.98. The van der Waals surface area contributed by atoms with Crippen LogP contribution < -0.4 is 16.8 Å². The third-order valence-electron chi connectivity index (χ3n) is 5.92. The van der Waals surface area contributed by atoms with Crippen molar-refractivity contribution in [2.45, 2.75) is 29.6 Å². The van der Waals surface area contributed by atoms with Gasteiger partial charge in [0.1, 0.15) is 17.2 Å². The van der Waals surface area contributed by atoms with Crippen LogP contribution in [0.25, 0.3) is 6.08 Å². The molecule has 0 bridgehead atoms. The van der Waals surface area contributed by atoms with Gasteiger partial charge in [-0.2, -0.15) is 0 Å². The highest BCUT2D eigenvalue weighted by atomic mass is 32.2. The van der Waals surface area contributed by atoms with E-state index in [0.29, 0.717) is 16.5 Å². The molecular weight excluding hydrogens is 526 g/mol. The number of nitrogens with zero attached hydrogens (tertiary/aromatic N) is 4. The summed E-state index contributed by atoms with van der Waals surface area (Å²) in [6.45, 7) is 0.339. The minimum Gasteiger partial charge on any atom is -0.480 e. The van der Waals surface area contributed by atoms with Gasteiger partial charge in [-0.1, -0.05) is 6.07 Å². The molecule has 2 amide bonds. The number of carboxylic acid groups (broad SMARTS) is 1. The molecule has 0 spiro atoms. The number of nitrogens with one attached hydrogen (secondary N) is 1. The van der Waals surface area contributed by atoms with Crippen molar-refractivity contribution in [1.82, 2.24) is 20.2 Å². The first kappa shape index (κ1) is 26.2. The Morgan fingerprint density at radius 2 is 2.16 bits per heavy atom. The molecular formula is C21H23N7O7S2. The second-order valence-electron chi connectivity index (χ2n) is 8.38. The van der Waals surface area contributed by atoms with Crippen LogP contribution in [0, 0.1) is 0 Å². The monoisotopic (exact) mass is 549 g/mol. The fourth-order valence-electron chi connectivity index (χ4n) is 4.03. The first-order valence-electron chi connectivity index (χ1n) is 10.8. The molecule has 1 unspecified atom stereocenters. The highest BCUT2D eigenvalue weighted by molar-refractivity contribution is 7.94. The van der Waals surface area contributed by atoms with E-state index in [2.05, 4.69) is 20.3 Å². The fourth-order valence-corrected chi connectivity index (χ4v) is 7.03. The van der Waals surface area contributed by atoms with Gasteiger partial charge in [-0.25, -0.2) is 28.0 Å². The minimum absolute atomic E-state index is 0.0583. The van der Waals surface area contributed by atoms with Crippen LogP contribution in [0.4, 0.5) is 9.93 Å². The summed E-state index contributed by atoms with van der Waals surface area (Å²) in [6.07, 6.45) is 1.79. The van der Waals surface area contributed by atoms with E-state index in [4.69, 9.17) is 16.2 Å². The first-order chi connectivity index (χ1) is 17.5. The van der Waals surface area contributed by atoms with Crippen molar-refractivity contribution in [3.63, 3.8) is 0 Å². The number of pyridine rings is 1. The number of amidine groups is 1. The largest absolute Gasteiger partial charge is 0.480 e. The number of hydrogen-bond acceptors (Lipinski definition) is 11. The number of aliphatic imine (C=N–C) groups is 1. The van der Waals surface area contributed by atoms with Crippen molar-refractivity contribution in [3.8, 4) is 0 Å². The van der Waals surface area contributed by atoms with Crippen LogP contribution >= 0.6 is 11.3 Å². The standard InChI is InChI=1S/C21H23N7O7S2/c1-21(10-35-20(32)25-8-12-9-36-19(26-12)27-14(23)7-22)15(18(30)31)28-16(29)13(17(28)37(21,33)34)6-11-4-2-3-5-24-11/h2-6,9,15,17H,7-8,10,22H2,1H3,(H,25,32)(H,30,31)(H2,23,26,27)/b13-6-/t15-,17?,21-/m0/s1. The van der Waals surface area contributed by atoms with Gasteiger partial charge in [-0.15, -0.1) is 11.3 Å². The molecule has 2 aliphatic heterocycles. The second kappa shape index (κ2) is 9.87. The Hall–Kier alpha value is -3.89. The number of thiazole rings is 1. The molecule has 2 saturated heterocycles. The van der Waals surface area contributed by atoms with Gasteiger partial charge in [0, 0.05) is 11.6 Å². The summed E-state index contributed by atoms with van der Waals surface area (Å²) in [4.78, 5) is 50.2. The van der Waals surface area contributed by atoms with Crippen molar-refractivity contribution < 1.29 is 32.6 Å². The highest BCUT2D eigenvalue weighted by Gasteiger charge is 2.72. The molecule has 2 aromatic rings. The van der Waals surface area contributed by atoms with Gasteiger partial charge < -0.3 is 31.5 Å². The Morgan fingerprint density at radius 1 is 1.41 bits per heavy atom. The van der Waals surface area contributed by atoms with Crippen molar-refractivity contribution >= 4 is 56.2 Å². The average Bonchev–Trinajstić information content (AvgIpc) is 3.37. The molecule has 4 rings (SSSR count). The molecule has 196 valence electrons. The quantitative estimate of drug-likeness (QED) is 0.144. The van der Waals surface area contributed by atoms with Gasteiger partial charge in [0.25, 0.3) is 5.91 Å². The molecule has 14 nitrogen and oxygen atoms in total. The van der Waals surface area contributed by atoms with E-state index in [9.17, 15) is 27.9 Å². The molecule has 37 heavy (non-hydrogen) atoms. The van der Waals surface area contributed by atoms with Gasteiger partial charge in [-0.3, -0.25) is 9.78 Å². The second-order valence-corrected chi connectivity index (χ2v) is 11.7. The van der Waals surface area contributed by atoms with Crippen LogP contribution in [0.2, 0.25) is 0 Å². The number of sulfone groups is 1. The van der Waals surface area contributed by atoms with Crippen LogP contribution in [-0.2, 0) is 30.7 Å². The lowest BCUT2D eigenvalue weighted by Gasteiger charge is -2.37. The predicted octanol–water partition coefficient (Wildman–Crippen LogP) is -0.396. The summed E-state index contributed by atoms with van der Waals surface area (Å²) >= 11 is 1.17. The maximum absolute atomic E-state index is 13.5. The zero-order valence-corrected chi connectivity index (χ0v) is 21.0. The molecule has 0 aromatic carbocycles. The molecule has 2 aromatic heterocycles. The Morgan fingerprint density at radius 3 is 2.81 bits per heavy atom. The van der Waals surface area contributed by atoms with Gasteiger partial charge in [0.05, 0.1) is 30.1 Å². The first-order valence-corrected chi connectivity index (χ1v) is 13.2. The van der Waals surface area contributed by atoms with Crippen LogP contribution in [0.1, 0.15) is 18.3 Å². The molecule has 0 saturated carbocycles. The lowest BCUT2D eigenvalue weighted by molar-refractivity contribution is -0.153. The lowest BCUT2D eigenvalue weighted by atomic mass is 9.94. The third-order valence-corrected chi connectivity index (χ3v) is 9.41. The van der Waals surface area contributed by atoms with E-state index in [0.717, 1.165) is 11.8 Å². The van der Waals surface area contributed by atoms with Gasteiger partial charge >= 0.3 is 12.1 Å². The molecule has 2 fully saturated rings. The lowest BCUT2D eigenvalue weighted by Crippen LogP contribution is -2.59. The number of nitrogens with two attached hydrogens (primary N) is 2. The Labute approximate surface area is 215 Å². The van der Waals surface area contributed by atoms with E-state index in [-0.39, 0.29) is 24.5 Å². The summed E-state index contributed by atoms with van der Waals surface area (Å²) in [6, 6.07) is 3.14. The van der Waals surface area contributed by atoms with E-state index >= 15 is 0 Å². The van der Waals surface area contributed by atoms with Gasteiger partial charge in [-0.05, 0) is 25.1 Å². The maximum Gasteiger partial charge on any atom is 0.407 e.